The second-order valence-electron chi connectivity index (χ2n) is 8.05. The topological polar surface area (TPSA) is 57.7 Å². The maximum atomic E-state index is 13.1. The summed E-state index contributed by atoms with van der Waals surface area (Å²) in [5, 5.41) is 0. The molecule has 0 aromatic heterocycles. The first-order chi connectivity index (χ1) is 12.3. The van der Waals surface area contributed by atoms with E-state index in [0.29, 0.717) is 31.6 Å². The molecule has 1 saturated carbocycles. The van der Waals surface area contributed by atoms with Crippen molar-refractivity contribution in [2.45, 2.75) is 58.0 Å². The summed E-state index contributed by atoms with van der Waals surface area (Å²) in [7, 11) is -3.23. The average molecular weight is 379 g/mol. The number of carbonyl (C=O) groups is 1. The summed E-state index contributed by atoms with van der Waals surface area (Å²) in [6.45, 7) is 5.82. The monoisotopic (exact) mass is 378 g/mol. The molecule has 1 unspecified atom stereocenters. The van der Waals surface area contributed by atoms with Gasteiger partial charge in [-0.05, 0) is 42.7 Å². The zero-order chi connectivity index (χ0) is 18.9. The number of benzene rings is 1. The van der Waals surface area contributed by atoms with Crippen molar-refractivity contribution in [3.05, 3.63) is 35.4 Å². The highest BCUT2D eigenvalue weighted by atomic mass is 32.2. The van der Waals surface area contributed by atoms with Crippen LogP contribution in [-0.2, 0) is 21.4 Å². The molecule has 2 aliphatic rings. The van der Waals surface area contributed by atoms with Crippen molar-refractivity contribution in [1.29, 1.82) is 0 Å². The molecule has 1 heterocycles. The van der Waals surface area contributed by atoms with Crippen molar-refractivity contribution in [1.82, 2.24) is 9.21 Å². The van der Waals surface area contributed by atoms with Gasteiger partial charge in [0.1, 0.15) is 0 Å². The van der Waals surface area contributed by atoms with Crippen LogP contribution >= 0.6 is 0 Å². The molecule has 26 heavy (non-hydrogen) atoms. The van der Waals surface area contributed by atoms with Crippen molar-refractivity contribution in [3.8, 4) is 0 Å². The maximum Gasteiger partial charge on any atom is 0.227 e. The van der Waals surface area contributed by atoms with Crippen LogP contribution < -0.4 is 0 Å². The fourth-order valence-corrected chi connectivity index (χ4v) is 4.57. The van der Waals surface area contributed by atoms with Crippen LogP contribution in [0.5, 0.6) is 0 Å². The zero-order valence-corrected chi connectivity index (χ0v) is 16.8. The van der Waals surface area contributed by atoms with E-state index in [1.165, 1.54) is 16.1 Å². The normalized spacial score (nSPS) is 21.8. The van der Waals surface area contributed by atoms with Gasteiger partial charge in [0, 0.05) is 25.7 Å². The lowest BCUT2D eigenvalue weighted by Gasteiger charge is -2.34. The van der Waals surface area contributed by atoms with Crippen LogP contribution in [-0.4, -0.2) is 48.9 Å². The molecule has 0 bridgehead atoms. The molecule has 1 atom stereocenters. The van der Waals surface area contributed by atoms with Gasteiger partial charge in [0.25, 0.3) is 0 Å². The third-order valence-electron chi connectivity index (χ3n) is 5.47. The first-order valence-electron chi connectivity index (χ1n) is 9.60. The van der Waals surface area contributed by atoms with Crippen molar-refractivity contribution in [2.75, 3.05) is 19.3 Å². The number of carbonyl (C=O) groups excluding carboxylic acids is 1. The van der Waals surface area contributed by atoms with E-state index in [0.717, 1.165) is 31.2 Å². The smallest absolute Gasteiger partial charge is 0.227 e. The quantitative estimate of drug-likeness (QED) is 0.765. The molecule has 0 spiro atoms. The Morgan fingerprint density at radius 3 is 2.38 bits per heavy atom. The maximum absolute atomic E-state index is 13.1. The fourth-order valence-electron chi connectivity index (χ4n) is 3.66. The molecule has 1 aliphatic heterocycles. The highest BCUT2D eigenvalue weighted by molar-refractivity contribution is 7.88. The van der Waals surface area contributed by atoms with Crippen LogP contribution in [0, 0.1) is 5.92 Å². The Kier molecular flexibility index (Phi) is 5.72. The van der Waals surface area contributed by atoms with Gasteiger partial charge in [0.2, 0.25) is 15.9 Å². The molecule has 5 nitrogen and oxygen atoms in total. The zero-order valence-electron chi connectivity index (χ0n) is 16.0. The largest absolute Gasteiger partial charge is 0.335 e. The molecule has 1 aromatic rings. The second-order valence-corrected chi connectivity index (χ2v) is 10.0. The molecule has 0 radical (unpaired) electrons. The van der Waals surface area contributed by atoms with Crippen LogP contribution in [0.4, 0.5) is 0 Å². The van der Waals surface area contributed by atoms with E-state index in [-0.39, 0.29) is 11.8 Å². The van der Waals surface area contributed by atoms with Crippen LogP contribution in [0.1, 0.15) is 56.6 Å². The molecular formula is C20H30N2O3S. The summed E-state index contributed by atoms with van der Waals surface area (Å²) >= 11 is 0. The molecule has 6 heteroatoms. The minimum absolute atomic E-state index is 0.119. The predicted molar refractivity (Wildman–Crippen MR) is 103 cm³/mol. The molecule has 144 valence electrons. The van der Waals surface area contributed by atoms with Crippen molar-refractivity contribution >= 4 is 15.9 Å². The van der Waals surface area contributed by atoms with E-state index in [1.807, 2.05) is 4.90 Å². The Bertz CT molecular complexity index is 739. The van der Waals surface area contributed by atoms with Gasteiger partial charge in [0.15, 0.2) is 0 Å². The Morgan fingerprint density at radius 1 is 1.19 bits per heavy atom. The van der Waals surface area contributed by atoms with Crippen molar-refractivity contribution in [3.63, 3.8) is 0 Å². The van der Waals surface area contributed by atoms with Gasteiger partial charge in [0.05, 0.1) is 12.2 Å². The summed E-state index contributed by atoms with van der Waals surface area (Å²) in [5.74, 6) is 0.400. The van der Waals surface area contributed by atoms with Gasteiger partial charge >= 0.3 is 0 Å². The average Bonchev–Trinajstić information content (AvgIpc) is 3.44. The third-order valence-corrected chi connectivity index (χ3v) is 6.74. The van der Waals surface area contributed by atoms with Crippen LogP contribution in [0.3, 0.4) is 0 Å². The first kappa shape index (κ1) is 19.4. The number of nitrogens with zero attached hydrogens (tertiary/aromatic N) is 2. The fraction of sp³-hybridized carbons (Fsp3) is 0.650. The van der Waals surface area contributed by atoms with Gasteiger partial charge in [-0.25, -0.2) is 12.7 Å². The van der Waals surface area contributed by atoms with Crippen LogP contribution in [0.2, 0.25) is 0 Å². The van der Waals surface area contributed by atoms with E-state index in [1.54, 1.807) is 0 Å². The Hall–Kier alpha value is -1.40. The Morgan fingerprint density at radius 2 is 1.85 bits per heavy atom. The van der Waals surface area contributed by atoms with Gasteiger partial charge in [-0.3, -0.25) is 4.79 Å². The van der Waals surface area contributed by atoms with E-state index >= 15 is 0 Å². The lowest BCUT2D eigenvalue weighted by Crippen LogP contribution is -2.46. The number of amides is 1. The standard InChI is InChI=1S/C20H30N2O3S/c1-15(2)17-8-6-16(7-9-17)13-22(19-10-11-19)20(23)18-5-4-12-21(14-18)26(3,24)25/h6-9,15,18-19H,4-5,10-14H2,1-3H3. The highest BCUT2D eigenvalue weighted by Gasteiger charge is 2.38. The molecular weight excluding hydrogens is 348 g/mol. The third kappa shape index (κ3) is 4.65. The van der Waals surface area contributed by atoms with Gasteiger partial charge in [-0.2, -0.15) is 0 Å². The minimum Gasteiger partial charge on any atom is -0.335 e. The molecule has 0 N–H and O–H groups in total. The number of piperidine rings is 1. The number of rotatable bonds is 6. The molecule has 1 saturated heterocycles. The molecule has 3 rings (SSSR count). The van der Waals surface area contributed by atoms with Gasteiger partial charge in [-0.1, -0.05) is 38.1 Å². The highest BCUT2D eigenvalue weighted by Crippen LogP contribution is 2.32. The number of hydrogen-bond donors (Lipinski definition) is 0. The van der Waals surface area contributed by atoms with Gasteiger partial charge < -0.3 is 4.90 Å². The summed E-state index contributed by atoms with van der Waals surface area (Å²) in [6.07, 6.45) is 4.87. The molecule has 1 amide bonds. The van der Waals surface area contributed by atoms with Crippen molar-refractivity contribution < 1.29 is 13.2 Å². The molecule has 2 fully saturated rings. The summed E-state index contributed by atoms with van der Waals surface area (Å²) < 4.78 is 25.2. The molecule has 1 aromatic carbocycles. The Labute approximate surface area is 157 Å². The van der Waals surface area contributed by atoms with E-state index < -0.39 is 10.0 Å². The summed E-state index contributed by atoms with van der Waals surface area (Å²) in [6, 6.07) is 8.83. The van der Waals surface area contributed by atoms with Crippen LogP contribution in [0.25, 0.3) is 0 Å². The van der Waals surface area contributed by atoms with E-state index in [9.17, 15) is 13.2 Å². The van der Waals surface area contributed by atoms with E-state index in [4.69, 9.17) is 0 Å². The summed E-state index contributed by atoms with van der Waals surface area (Å²) in [5.41, 5.74) is 2.44. The number of hydrogen-bond acceptors (Lipinski definition) is 3. The lowest BCUT2D eigenvalue weighted by molar-refractivity contribution is -0.138. The number of sulfonamides is 1. The predicted octanol–water partition coefficient (Wildman–Crippen LogP) is 2.97. The minimum atomic E-state index is -3.23. The van der Waals surface area contributed by atoms with Crippen molar-refractivity contribution in [2.24, 2.45) is 5.92 Å². The summed E-state index contributed by atoms with van der Waals surface area (Å²) in [4.78, 5) is 15.1. The SMILES string of the molecule is CC(C)c1ccc(CN(C(=O)C2CCCN(S(C)(=O)=O)C2)C2CC2)cc1. The van der Waals surface area contributed by atoms with Crippen LogP contribution in [0.15, 0.2) is 24.3 Å². The van der Waals surface area contributed by atoms with E-state index in [2.05, 4.69) is 38.1 Å². The Balaban J connectivity index is 1.70. The second kappa shape index (κ2) is 7.69. The molecule has 1 aliphatic carbocycles. The lowest BCUT2D eigenvalue weighted by atomic mass is 9.97. The first-order valence-corrected chi connectivity index (χ1v) is 11.4. The van der Waals surface area contributed by atoms with Gasteiger partial charge in [-0.15, -0.1) is 0 Å².